The fraction of sp³-hybridized carbons (Fsp3) is 1.00. The van der Waals surface area contributed by atoms with Crippen molar-refractivity contribution in [3.05, 3.63) is 0 Å². The zero-order chi connectivity index (χ0) is 12.3. The highest BCUT2D eigenvalue weighted by Crippen LogP contribution is 1.98. The molecule has 0 atom stereocenters. The molecule has 1 saturated heterocycles. The van der Waals surface area contributed by atoms with Gasteiger partial charge in [-0.1, -0.05) is 13.8 Å². The third-order valence-electron chi connectivity index (χ3n) is 2.97. The minimum Gasteiger partial charge on any atom is -0.380 e. The average molecular weight is 244 g/mol. The zero-order valence-corrected chi connectivity index (χ0v) is 11.4. The van der Waals surface area contributed by atoms with Crippen molar-refractivity contribution < 1.29 is 9.47 Å². The van der Waals surface area contributed by atoms with Crippen LogP contribution in [0.25, 0.3) is 0 Å². The summed E-state index contributed by atoms with van der Waals surface area (Å²) in [5.74, 6) is 0.740. The number of rotatable bonds is 9. The lowest BCUT2D eigenvalue weighted by Gasteiger charge is -2.26. The van der Waals surface area contributed by atoms with Crippen LogP contribution in [0.1, 0.15) is 20.3 Å². The number of nitrogens with one attached hydrogen (secondary N) is 1. The maximum Gasteiger partial charge on any atom is 0.0594 e. The van der Waals surface area contributed by atoms with E-state index in [4.69, 9.17) is 9.47 Å². The summed E-state index contributed by atoms with van der Waals surface area (Å²) in [6, 6.07) is 0. The highest BCUT2D eigenvalue weighted by atomic mass is 16.5. The van der Waals surface area contributed by atoms with Crippen molar-refractivity contribution in [2.24, 2.45) is 5.92 Å². The van der Waals surface area contributed by atoms with E-state index in [1.165, 1.54) is 0 Å². The lowest BCUT2D eigenvalue weighted by atomic mass is 10.1. The van der Waals surface area contributed by atoms with Crippen LogP contribution >= 0.6 is 0 Å². The number of morpholine rings is 1. The van der Waals surface area contributed by atoms with Gasteiger partial charge in [0.05, 0.1) is 19.8 Å². The predicted octanol–water partition coefficient (Wildman–Crippen LogP) is 0.971. The van der Waals surface area contributed by atoms with E-state index in [-0.39, 0.29) is 0 Å². The molecule has 0 bridgehead atoms. The summed E-state index contributed by atoms with van der Waals surface area (Å²) in [5.41, 5.74) is 0. The summed E-state index contributed by atoms with van der Waals surface area (Å²) in [6.45, 7) is 13.2. The third-order valence-corrected chi connectivity index (χ3v) is 2.97. The second-order valence-electron chi connectivity index (χ2n) is 5.00. The van der Waals surface area contributed by atoms with Gasteiger partial charge < -0.3 is 14.8 Å². The molecule has 1 N–H and O–H groups in total. The smallest absolute Gasteiger partial charge is 0.0594 e. The molecule has 0 aromatic heterocycles. The van der Waals surface area contributed by atoms with Crippen LogP contribution in [-0.2, 0) is 9.47 Å². The van der Waals surface area contributed by atoms with Crippen LogP contribution in [0.4, 0.5) is 0 Å². The minimum absolute atomic E-state index is 0.740. The third kappa shape index (κ3) is 8.55. The molecule has 1 aliphatic rings. The first-order valence-electron chi connectivity index (χ1n) is 6.87. The lowest BCUT2D eigenvalue weighted by molar-refractivity contribution is 0.0381. The van der Waals surface area contributed by atoms with Gasteiger partial charge in [-0.15, -0.1) is 0 Å². The lowest BCUT2D eigenvalue weighted by Crippen LogP contribution is -2.40. The Morgan fingerprint density at radius 3 is 2.65 bits per heavy atom. The van der Waals surface area contributed by atoms with Crippen LogP contribution in [0, 0.1) is 5.92 Å². The molecule has 1 heterocycles. The minimum atomic E-state index is 0.740. The molecule has 1 aliphatic heterocycles. The highest BCUT2D eigenvalue weighted by molar-refractivity contribution is 4.62. The molecular formula is C13H28N2O2. The summed E-state index contributed by atoms with van der Waals surface area (Å²) in [5, 5.41) is 3.41. The quantitative estimate of drug-likeness (QED) is 0.613. The molecule has 0 saturated carbocycles. The van der Waals surface area contributed by atoms with Crippen LogP contribution in [-0.4, -0.2) is 64.1 Å². The van der Waals surface area contributed by atoms with Crippen LogP contribution in [0.2, 0.25) is 0 Å². The molecule has 0 amide bonds. The maximum atomic E-state index is 5.54. The van der Waals surface area contributed by atoms with E-state index in [0.29, 0.717) is 0 Å². The molecule has 1 fully saturated rings. The van der Waals surface area contributed by atoms with Gasteiger partial charge in [0.25, 0.3) is 0 Å². The second-order valence-corrected chi connectivity index (χ2v) is 5.00. The maximum absolute atomic E-state index is 5.54. The largest absolute Gasteiger partial charge is 0.380 e. The summed E-state index contributed by atoms with van der Waals surface area (Å²) >= 11 is 0. The van der Waals surface area contributed by atoms with Gasteiger partial charge in [0.15, 0.2) is 0 Å². The Labute approximate surface area is 106 Å². The van der Waals surface area contributed by atoms with E-state index in [1.54, 1.807) is 0 Å². The molecule has 0 aromatic rings. The van der Waals surface area contributed by atoms with Crippen LogP contribution in [0.15, 0.2) is 0 Å². The molecule has 4 nitrogen and oxygen atoms in total. The van der Waals surface area contributed by atoms with Crippen molar-refractivity contribution in [1.29, 1.82) is 0 Å². The van der Waals surface area contributed by atoms with Gasteiger partial charge in [-0.3, -0.25) is 4.90 Å². The molecule has 1 rings (SSSR count). The molecule has 17 heavy (non-hydrogen) atoms. The van der Waals surface area contributed by atoms with Gasteiger partial charge in [-0.2, -0.15) is 0 Å². The van der Waals surface area contributed by atoms with Gasteiger partial charge in [-0.25, -0.2) is 0 Å². The van der Waals surface area contributed by atoms with Crippen LogP contribution < -0.4 is 5.32 Å². The van der Waals surface area contributed by atoms with Crippen molar-refractivity contribution in [1.82, 2.24) is 10.2 Å². The fourth-order valence-electron chi connectivity index (χ4n) is 1.75. The first-order chi connectivity index (χ1) is 8.29. The van der Waals surface area contributed by atoms with Gasteiger partial charge in [-0.05, 0) is 12.3 Å². The summed E-state index contributed by atoms with van der Waals surface area (Å²) in [7, 11) is 0. The number of ether oxygens (including phenoxy) is 2. The Morgan fingerprint density at radius 2 is 1.94 bits per heavy atom. The van der Waals surface area contributed by atoms with Crippen molar-refractivity contribution in [3.63, 3.8) is 0 Å². The Morgan fingerprint density at radius 1 is 1.18 bits per heavy atom. The van der Waals surface area contributed by atoms with Crippen molar-refractivity contribution >= 4 is 0 Å². The monoisotopic (exact) mass is 244 g/mol. The van der Waals surface area contributed by atoms with E-state index in [2.05, 4.69) is 24.1 Å². The summed E-state index contributed by atoms with van der Waals surface area (Å²) < 4.78 is 10.8. The Kier molecular flexibility index (Phi) is 8.61. The first kappa shape index (κ1) is 14.9. The van der Waals surface area contributed by atoms with Gasteiger partial charge >= 0.3 is 0 Å². The predicted molar refractivity (Wildman–Crippen MR) is 70.4 cm³/mol. The van der Waals surface area contributed by atoms with E-state index < -0.39 is 0 Å². The number of hydrogen-bond acceptors (Lipinski definition) is 4. The number of hydrogen-bond donors (Lipinski definition) is 1. The van der Waals surface area contributed by atoms with E-state index in [9.17, 15) is 0 Å². The highest BCUT2D eigenvalue weighted by Gasteiger charge is 2.08. The summed E-state index contributed by atoms with van der Waals surface area (Å²) in [4.78, 5) is 2.44. The molecule has 4 heteroatoms. The molecule has 0 unspecified atom stereocenters. The fourth-order valence-corrected chi connectivity index (χ4v) is 1.75. The first-order valence-corrected chi connectivity index (χ1v) is 6.87. The molecule has 0 aromatic carbocycles. The SMILES string of the molecule is CC(C)CCOCCNCCN1CCOCC1. The number of nitrogens with zero attached hydrogens (tertiary/aromatic N) is 1. The molecule has 102 valence electrons. The molecule has 0 aliphatic carbocycles. The molecule has 0 radical (unpaired) electrons. The van der Waals surface area contributed by atoms with Crippen LogP contribution in [0.3, 0.4) is 0 Å². The van der Waals surface area contributed by atoms with Crippen molar-refractivity contribution in [3.8, 4) is 0 Å². The van der Waals surface area contributed by atoms with E-state index >= 15 is 0 Å². The van der Waals surface area contributed by atoms with Crippen LogP contribution in [0.5, 0.6) is 0 Å². The van der Waals surface area contributed by atoms with Crippen molar-refractivity contribution in [2.75, 3.05) is 59.2 Å². The normalized spacial score (nSPS) is 17.8. The zero-order valence-electron chi connectivity index (χ0n) is 11.4. The second kappa shape index (κ2) is 9.83. The summed E-state index contributed by atoms with van der Waals surface area (Å²) in [6.07, 6.45) is 1.16. The Hall–Kier alpha value is -0.160. The molecular weight excluding hydrogens is 216 g/mol. The molecule has 0 spiro atoms. The van der Waals surface area contributed by atoms with Crippen molar-refractivity contribution in [2.45, 2.75) is 20.3 Å². The van der Waals surface area contributed by atoms with Gasteiger partial charge in [0.2, 0.25) is 0 Å². The van der Waals surface area contributed by atoms with Gasteiger partial charge in [0, 0.05) is 39.3 Å². The standard InChI is InChI=1S/C13H28N2O2/c1-13(2)3-9-16-10-5-14-4-6-15-7-11-17-12-8-15/h13-14H,3-12H2,1-2H3. The Balaban J connectivity index is 1.78. The topological polar surface area (TPSA) is 33.7 Å². The van der Waals surface area contributed by atoms with Gasteiger partial charge in [0.1, 0.15) is 0 Å². The average Bonchev–Trinajstić information content (AvgIpc) is 2.33. The van der Waals surface area contributed by atoms with E-state index in [1.807, 2.05) is 0 Å². The Bertz CT molecular complexity index is 171. The van der Waals surface area contributed by atoms with E-state index in [0.717, 1.165) is 71.5 Å².